The van der Waals surface area contributed by atoms with Gasteiger partial charge in [-0.3, -0.25) is 14.8 Å². The van der Waals surface area contributed by atoms with Crippen LogP contribution in [0.3, 0.4) is 0 Å². The molecule has 10 heteroatoms. The molecule has 5 rings (SSSR count). The number of nitrogens with one attached hydrogen (secondary N) is 2. The predicted octanol–water partition coefficient (Wildman–Crippen LogP) is 4.46. The minimum absolute atomic E-state index is 0.00990. The van der Waals surface area contributed by atoms with Gasteiger partial charge in [0.1, 0.15) is 0 Å². The quantitative estimate of drug-likeness (QED) is 0.112. The van der Waals surface area contributed by atoms with Crippen LogP contribution in [0.2, 0.25) is 0 Å². The summed E-state index contributed by atoms with van der Waals surface area (Å²) in [6.45, 7) is 1.00. The zero-order valence-electron chi connectivity index (χ0n) is 23.3. The van der Waals surface area contributed by atoms with E-state index in [-0.39, 0.29) is 31.1 Å². The Hall–Kier alpha value is -4.09. The maximum atomic E-state index is 12.2. The average molecular weight is 573 g/mol. The monoisotopic (exact) mass is 572 g/mol. The fourth-order valence-corrected chi connectivity index (χ4v) is 5.12. The lowest BCUT2D eigenvalue weighted by atomic mass is 9.99. The van der Waals surface area contributed by atoms with Gasteiger partial charge in [0.2, 0.25) is 11.8 Å². The Labute approximate surface area is 244 Å². The summed E-state index contributed by atoms with van der Waals surface area (Å²) in [5.41, 5.74) is 7.28. The van der Waals surface area contributed by atoms with Crippen molar-refractivity contribution in [3.05, 3.63) is 101 Å². The summed E-state index contributed by atoms with van der Waals surface area (Å²) >= 11 is 0. The summed E-state index contributed by atoms with van der Waals surface area (Å²) in [4.78, 5) is 27.8. The maximum Gasteiger partial charge on any atom is 0.243 e. The van der Waals surface area contributed by atoms with E-state index in [2.05, 4.69) is 20.9 Å². The molecule has 1 saturated heterocycles. The highest BCUT2D eigenvalue weighted by Gasteiger charge is 2.32. The summed E-state index contributed by atoms with van der Waals surface area (Å²) in [6, 6.07) is 23.7. The van der Waals surface area contributed by atoms with E-state index in [4.69, 9.17) is 14.7 Å². The van der Waals surface area contributed by atoms with E-state index in [9.17, 15) is 14.7 Å². The van der Waals surface area contributed by atoms with Crippen LogP contribution in [0.15, 0.2) is 79.1 Å². The molecule has 10 nitrogen and oxygen atoms in total. The van der Waals surface area contributed by atoms with Gasteiger partial charge in [-0.1, -0.05) is 60.7 Å². The molecule has 1 fully saturated rings. The molecule has 1 aliphatic rings. The summed E-state index contributed by atoms with van der Waals surface area (Å²) in [7, 11) is 0. The van der Waals surface area contributed by atoms with Crippen LogP contribution in [0.1, 0.15) is 66.8 Å². The molecule has 42 heavy (non-hydrogen) atoms. The first-order chi connectivity index (χ1) is 20.5. The number of para-hydroxylation sites is 2. The molecular weight excluding hydrogens is 536 g/mol. The molecule has 3 atom stereocenters. The molecule has 2 heterocycles. The number of aromatic nitrogens is 2. The molecule has 0 aliphatic carbocycles. The first-order valence-corrected chi connectivity index (χ1v) is 14.2. The van der Waals surface area contributed by atoms with Crippen molar-refractivity contribution in [3.63, 3.8) is 0 Å². The lowest BCUT2D eigenvalue weighted by Gasteiger charge is -2.36. The number of ether oxygens (including phenoxy) is 2. The number of carbonyl (C=O) groups excluding carboxylic acids is 2. The molecule has 1 aliphatic heterocycles. The van der Waals surface area contributed by atoms with Gasteiger partial charge < -0.3 is 24.5 Å². The number of aliphatic hydroxyl groups is 1. The van der Waals surface area contributed by atoms with E-state index in [1.165, 1.54) is 0 Å². The number of hydrogen-bond acceptors (Lipinski definition) is 7. The number of imidazole rings is 1. The zero-order valence-corrected chi connectivity index (χ0v) is 23.3. The largest absolute Gasteiger partial charge is 0.392 e. The number of fused-ring (bicyclic) bond motifs is 1. The Morgan fingerprint density at radius 1 is 0.881 bits per heavy atom. The van der Waals surface area contributed by atoms with Crippen molar-refractivity contribution in [2.75, 3.05) is 0 Å². The molecule has 220 valence electrons. The van der Waals surface area contributed by atoms with E-state index >= 15 is 0 Å². The molecule has 4 aromatic rings. The first-order valence-electron chi connectivity index (χ1n) is 14.2. The lowest BCUT2D eigenvalue weighted by molar-refractivity contribution is -0.252. The highest BCUT2D eigenvalue weighted by Crippen LogP contribution is 2.38. The lowest BCUT2D eigenvalue weighted by Crippen LogP contribution is -2.32. The van der Waals surface area contributed by atoms with Gasteiger partial charge in [-0.05, 0) is 41.7 Å². The zero-order chi connectivity index (χ0) is 29.3. The van der Waals surface area contributed by atoms with E-state index in [1.54, 1.807) is 5.48 Å². The standard InChI is InChI=1S/C32H36N4O6/c37-20-23-11-13-24(14-12-23)29-17-26(19-36-21-34-27-5-1-2-6-28(27)36)41-32(42-29)25-15-9-22(10-16-25)18-33-30(38)7-3-4-8-31(39)35-40/h1-2,5-6,9-16,21,26,29,32,37,40H,3-4,7-8,17-20H2,(H,33,38)(H,35,39). The van der Waals surface area contributed by atoms with Gasteiger partial charge >= 0.3 is 0 Å². The summed E-state index contributed by atoms with van der Waals surface area (Å²) < 4.78 is 15.1. The van der Waals surface area contributed by atoms with E-state index in [0.29, 0.717) is 38.8 Å². The van der Waals surface area contributed by atoms with Gasteiger partial charge in [0.15, 0.2) is 6.29 Å². The van der Waals surface area contributed by atoms with Crippen molar-refractivity contribution >= 4 is 22.8 Å². The van der Waals surface area contributed by atoms with Gasteiger partial charge in [0, 0.05) is 31.4 Å². The second-order valence-electron chi connectivity index (χ2n) is 10.5. The number of nitrogens with zero attached hydrogens (tertiary/aromatic N) is 2. The molecule has 1 aromatic heterocycles. The summed E-state index contributed by atoms with van der Waals surface area (Å²) in [6.07, 6.45) is 3.19. The number of hydroxylamine groups is 1. The summed E-state index contributed by atoms with van der Waals surface area (Å²) in [5.74, 6) is -0.541. The average Bonchev–Trinajstić information content (AvgIpc) is 3.44. The van der Waals surface area contributed by atoms with Crippen molar-refractivity contribution in [2.24, 2.45) is 0 Å². The highest BCUT2D eigenvalue weighted by molar-refractivity contribution is 5.76. The van der Waals surface area contributed by atoms with Gasteiger partial charge in [-0.25, -0.2) is 10.5 Å². The number of rotatable bonds is 12. The predicted molar refractivity (Wildman–Crippen MR) is 155 cm³/mol. The Bertz CT molecular complexity index is 1470. The Kier molecular flexibility index (Phi) is 9.94. The maximum absolute atomic E-state index is 12.2. The molecule has 2 amide bonds. The minimum atomic E-state index is -0.583. The number of aliphatic hydroxyl groups excluding tert-OH is 1. The minimum Gasteiger partial charge on any atom is -0.392 e. The third-order valence-corrected chi connectivity index (χ3v) is 7.47. The third-order valence-electron chi connectivity index (χ3n) is 7.47. The van der Waals surface area contributed by atoms with Crippen LogP contribution >= 0.6 is 0 Å². The van der Waals surface area contributed by atoms with E-state index in [0.717, 1.165) is 33.3 Å². The van der Waals surface area contributed by atoms with Crippen LogP contribution in [-0.2, 0) is 38.8 Å². The molecular formula is C32H36N4O6. The number of hydrogen-bond donors (Lipinski definition) is 4. The van der Waals surface area contributed by atoms with Crippen molar-refractivity contribution < 1.29 is 29.4 Å². The number of carbonyl (C=O) groups is 2. The van der Waals surface area contributed by atoms with Gasteiger partial charge in [0.25, 0.3) is 0 Å². The van der Waals surface area contributed by atoms with Crippen molar-refractivity contribution in [1.82, 2.24) is 20.3 Å². The smallest absolute Gasteiger partial charge is 0.243 e. The second kappa shape index (κ2) is 14.2. The molecule has 3 aromatic carbocycles. The van der Waals surface area contributed by atoms with E-state index < -0.39 is 12.2 Å². The fraction of sp³-hybridized carbons (Fsp3) is 0.344. The molecule has 0 spiro atoms. The second-order valence-corrected chi connectivity index (χ2v) is 10.5. The Morgan fingerprint density at radius 3 is 2.31 bits per heavy atom. The SMILES string of the molecule is O=C(CCCCC(=O)NCc1ccc(C2OC(Cn3cnc4ccccc43)CC(c3ccc(CO)cc3)O2)cc1)NO. The Morgan fingerprint density at radius 2 is 1.57 bits per heavy atom. The van der Waals surface area contributed by atoms with Crippen LogP contribution in [0.4, 0.5) is 0 Å². The summed E-state index contributed by atoms with van der Waals surface area (Å²) in [5, 5.41) is 20.9. The molecule has 3 unspecified atom stereocenters. The first kappa shape index (κ1) is 29.4. The van der Waals surface area contributed by atoms with Gasteiger partial charge in [0.05, 0.1) is 42.7 Å². The van der Waals surface area contributed by atoms with Crippen LogP contribution in [0.25, 0.3) is 11.0 Å². The van der Waals surface area contributed by atoms with Gasteiger partial charge in [-0.15, -0.1) is 0 Å². The van der Waals surface area contributed by atoms with Crippen LogP contribution in [-0.4, -0.2) is 37.8 Å². The van der Waals surface area contributed by atoms with Crippen molar-refractivity contribution in [2.45, 2.75) is 70.3 Å². The van der Waals surface area contributed by atoms with Gasteiger partial charge in [-0.2, -0.15) is 0 Å². The van der Waals surface area contributed by atoms with Crippen molar-refractivity contribution in [3.8, 4) is 0 Å². The topological polar surface area (TPSA) is 135 Å². The third kappa shape index (κ3) is 7.59. The van der Waals surface area contributed by atoms with Crippen LogP contribution in [0, 0.1) is 0 Å². The number of unbranched alkanes of at least 4 members (excludes halogenated alkanes) is 1. The molecule has 4 N–H and O–H groups in total. The normalized spacial score (nSPS) is 18.6. The fourth-order valence-electron chi connectivity index (χ4n) is 5.12. The number of benzene rings is 3. The molecule has 0 saturated carbocycles. The molecule has 0 radical (unpaired) electrons. The van der Waals surface area contributed by atoms with E-state index in [1.807, 2.05) is 73.1 Å². The van der Waals surface area contributed by atoms with Crippen LogP contribution in [0.5, 0.6) is 0 Å². The highest BCUT2D eigenvalue weighted by atomic mass is 16.7. The van der Waals surface area contributed by atoms with Crippen molar-refractivity contribution in [1.29, 1.82) is 0 Å². The Balaban J connectivity index is 1.24. The van der Waals surface area contributed by atoms with Crippen LogP contribution < -0.4 is 10.8 Å². The number of amides is 2. The molecule has 0 bridgehead atoms.